The van der Waals surface area contributed by atoms with Crippen molar-refractivity contribution in [3.05, 3.63) is 29.6 Å². The van der Waals surface area contributed by atoms with Crippen LogP contribution in [0.2, 0.25) is 0 Å². The molecule has 0 N–H and O–H groups in total. The first kappa shape index (κ1) is 13.0. The van der Waals surface area contributed by atoms with Crippen LogP contribution in [0.5, 0.6) is 0 Å². The molecule has 4 nitrogen and oxygen atoms in total. The largest absolute Gasteiger partial charge is 0.383 e. The third-order valence-electron chi connectivity index (χ3n) is 3.36. The number of methoxy groups -OCH3 is 1. The zero-order valence-electron chi connectivity index (χ0n) is 11.1. The van der Waals surface area contributed by atoms with E-state index in [1.165, 1.54) is 5.56 Å². The molecule has 0 bridgehead atoms. The summed E-state index contributed by atoms with van der Waals surface area (Å²) in [6, 6.07) is 4.12. The number of amides is 1. The van der Waals surface area contributed by atoms with Gasteiger partial charge in [-0.2, -0.15) is 0 Å². The lowest BCUT2D eigenvalue weighted by Crippen LogP contribution is -2.28. The number of pyridine rings is 1. The maximum atomic E-state index is 11.8. The minimum Gasteiger partial charge on any atom is -0.383 e. The van der Waals surface area contributed by atoms with Gasteiger partial charge < -0.3 is 9.64 Å². The molecule has 0 aliphatic carbocycles. The Morgan fingerprint density at radius 1 is 1.50 bits per heavy atom. The second-order valence-electron chi connectivity index (χ2n) is 4.91. The number of carbonyl (C=O) groups is 1. The normalized spacial score (nSPS) is 19.6. The number of nitrogens with zero attached hydrogens (tertiary/aromatic N) is 2. The molecule has 1 amide bonds. The van der Waals surface area contributed by atoms with Gasteiger partial charge in [-0.05, 0) is 30.9 Å². The van der Waals surface area contributed by atoms with Gasteiger partial charge in [-0.25, -0.2) is 0 Å². The number of aryl methyl sites for hydroxylation is 1. The van der Waals surface area contributed by atoms with Gasteiger partial charge in [0.15, 0.2) is 0 Å². The SMILES string of the molecule is COCCN1C[C@@H](Cc2ccc(C)nc2)CC1=O. The summed E-state index contributed by atoms with van der Waals surface area (Å²) in [4.78, 5) is 18.0. The predicted octanol–water partition coefficient (Wildman–Crippen LogP) is 1.43. The van der Waals surface area contributed by atoms with Crippen molar-refractivity contribution >= 4 is 5.91 Å². The summed E-state index contributed by atoms with van der Waals surface area (Å²) in [7, 11) is 1.66. The Balaban J connectivity index is 1.88. The Morgan fingerprint density at radius 3 is 3.00 bits per heavy atom. The molecule has 4 heteroatoms. The van der Waals surface area contributed by atoms with Crippen LogP contribution < -0.4 is 0 Å². The van der Waals surface area contributed by atoms with Crippen molar-refractivity contribution in [3.8, 4) is 0 Å². The first-order chi connectivity index (χ1) is 8.69. The number of hydrogen-bond acceptors (Lipinski definition) is 3. The molecule has 0 spiro atoms. The molecule has 1 aromatic rings. The third-order valence-corrected chi connectivity index (χ3v) is 3.36. The van der Waals surface area contributed by atoms with Crippen molar-refractivity contribution in [2.75, 3.05) is 26.8 Å². The second kappa shape index (κ2) is 5.96. The van der Waals surface area contributed by atoms with Crippen LogP contribution in [-0.4, -0.2) is 42.6 Å². The summed E-state index contributed by atoms with van der Waals surface area (Å²) in [6.45, 7) is 4.15. The monoisotopic (exact) mass is 248 g/mol. The maximum Gasteiger partial charge on any atom is 0.223 e. The Hall–Kier alpha value is -1.42. The van der Waals surface area contributed by atoms with Gasteiger partial charge >= 0.3 is 0 Å². The van der Waals surface area contributed by atoms with Gasteiger partial charge in [0.05, 0.1) is 6.61 Å². The van der Waals surface area contributed by atoms with E-state index in [0.29, 0.717) is 25.5 Å². The van der Waals surface area contributed by atoms with E-state index < -0.39 is 0 Å². The minimum absolute atomic E-state index is 0.247. The lowest BCUT2D eigenvalue weighted by Gasteiger charge is -2.15. The van der Waals surface area contributed by atoms with Gasteiger partial charge in [0.2, 0.25) is 5.91 Å². The van der Waals surface area contributed by atoms with E-state index in [2.05, 4.69) is 11.1 Å². The van der Waals surface area contributed by atoms with E-state index in [4.69, 9.17) is 4.74 Å². The summed E-state index contributed by atoms with van der Waals surface area (Å²) in [5.74, 6) is 0.663. The topological polar surface area (TPSA) is 42.4 Å². The molecule has 0 radical (unpaired) electrons. The van der Waals surface area contributed by atoms with Gasteiger partial charge in [-0.3, -0.25) is 9.78 Å². The third kappa shape index (κ3) is 3.29. The fourth-order valence-corrected chi connectivity index (χ4v) is 2.36. The van der Waals surface area contributed by atoms with Crippen molar-refractivity contribution in [1.29, 1.82) is 0 Å². The first-order valence-corrected chi connectivity index (χ1v) is 6.37. The molecule has 0 aromatic carbocycles. The average molecular weight is 248 g/mol. The highest BCUT2D eigenvalue weighted by atomic mass is 16.5. The molecule has 1 aromatic heterocycles. The van der Waals surface area contributed by atoms with Crippen LogP contribution in [0.3, 0.4) is 0 Å². The van der Waals surface area contributed by atoms with Crippen molar-refractivity contribution < 1.29 is 9.53 Å². The molecule has 1 fully saturated rings. The lowest BCUT2D eigenvalue weighted by molar-refractivity contribution is -0.128. The van der Waals surface area contributed by atoms with Gasteiger partial charge in [-0.1, -0.05) is 6.07 Å². The van der Waals surface area contributed by atoms with E-state index in [-0.39, 0.29) is 5.91 Å². The minimum atomic E-state index is 0.247. The highest BCUT2D eigenvalue weighted by molar-refractivity contribution is 5.78. The molecule has 2 heterocycles. The van der Waals surface area contributed by atoms with Crippen LogP contribution in [-0.2, 0) is 16.0 Å². The molecular formula is C14H20N2O2. The molecule has 18 heavy (non-hydrogen) atoms. The Bertz CT molecular complexity index is 403. The molecule has 98 valence electrons. The lowest BCUT2D eigenvalue weighted by atomic mass is 10.00. The smallest absolute Gasteiger partial charge is 0.223 e. The molecular weight excluding hydrogens is 228 g/mol. The molecule has 1 aliphatic heterocycles. The fourth-order valence-electron chi connectivity index (χ4n) is 2.36. The summed E-state index contributed by atoms with van der Waals surface area (Å²) in [5, 5.41) is 0. The van der Waals surface area contributed by atoms with Gasteiger partial charge in [0.1, 0.15) is 0 Å². The Labute approximate surface area is 108 Å². The predicted molar refractivity (Wildman–Crippen MR) is 69.2 cm³/mol. The van der Waals surface area contributed by atoms with Gasteiger partial charge in [0, 0.05) is 38.5 Å². The van der Waals surface area contributed by atoms with Crippen LogP contribution in [0.25, 0.3) is 0 Å². The summed E-state index contributed by atoms with van der Waals surface area (Å²) < 4.78 is 5.01. The van der Waals surface area contributed by atoms with E-state index in [9.17, 15) is 4.79 Å². The standard InChI is InChI=1S/C14H20N2O2/c1-11-3-4-12(9-15-11)7-13-8-14(17)16(10-13)5-6-18-2/h3-4,9,13H,5-8,10H2,1-2H3/t13-/m0/s1. The molecule has 0 saturated carbocycles. The van der Waals surface area contributed by atoms with Crippen LogP contribution in [0, 0.1) is 12.8 Å². The molecule has 2 rings (SSSR count). The van der Waals surface area contributed by atoms with E-state index in [1.54, 1.807) is 7.11 Å². The van der Waals surface area contributed by atoms with Crippen molar-refractivity contribution in [1.82, 2.24) is 9.88 Å². The highest BCUT2D eigenvalue weighted by Crippen LogP contribution is 2.21. The number of aromatic nitrogens is 1. The van der Waals surface area contributed by atoms with Gasteiger partial charge in [-0.15, -0.1) is 0 Å². The molecule has 0 unspecified atom stereocenters. The summed E-state index contributed by atoms with van der Waals surface area (Å²) in [5.41, 5.74) is 2.25. The number of ether oxygens (including phenoxy) is 1. The van der Waals surface area contributed by atoms with Crippen molar-refractivity contribution in [2.24, 2.45) is 5.92 Å². The van der Waals surface area contributed by atoms with Crippen LogP contribution in [0.15, 0.2) is 18.3 Å². The first-order valence-electron chi connectivity index (χ1n) is 6.37. The Morgan fingerprint density at radius 2 is 2.33 bits per heavy atom. The van der Waals surface area contributed by atoms with Crippen molar-refractivity contribution in [2.45, 2.75) is 19.8 Å². The Kier molecular flexibility index (Phi) is 4.31. The van der Waals surface area contributed by atoms with Crippen molar-refractivity contribution in [3.63, 3.8) is 0 Å². The second-order valence-corrected chi connectivity index (χ2v) is 4.91. The van der Waals surface area contributed by atoms with Crippen LogP contribution >= 0.6 is 0 Å². The summed E-state index contributed by atoms with van der Waals surface area (Å²) in [6.07, 6.45) is 3.50. The van der Waals surface area contributed by atoms with E-state index in [1.807, 2.05) is 24.1 Å². The zero-order valence-corrected chi connectivity index (χ0v) is 11.1. The number of hydrogen-bond donors (Lipinski definition) is 0. The maximum absolute atomic E-state index is 11.8. The molecule has 1 atom stereocenters. The van der Waals surface area contributed by atoms with Gasteiger partial charge in [0.25, 0.3) is 0 Å². The number of rotatable bonds is 5. The zero-order chi connectivity index (χ0) is 13.0. The van der Waals surface area contributed by atoms with Crippen LogP contribution in [0.1, 0.15) is 17.7 Å². The fraction of sp³-hybridized carbons (Fsp3) is 0.571. The number of carbonyl (C=O) groups excluding carboxylic acids is 1. The molecule has 1 aliphatic rings. The van der Waals surface area contributed by atoms with Crippen LogP contribution in [0.4, 0.5) is 0 Å². The summed E-state index contributed by atoms with van der Waals surface area (Å²) >= 11 is 0. The number of likely N-dealkylation sites (tertiary alicyclic amines) is 1. The average Bonchev–Trinajstić information content (AvgIpc) is 2.70. The van der Waals surface area contributed by atoms with E-state index >= 15 is 0 Å². The molecule has 1 saturated heterocycles. The highest BCUT2D eigenvalue weighted by Gasteiger charge is 2.29. The quantitative estimate of drug-likeness (QED) is 0.791. The van der Waals surface area contributed by atoms with E-state index in [0.717, 1.165) is 18.7 Å².